The van der Waals surface area contributed by atoms with Gasteiger partial charge in [0.05, 0.1) is 30.8 Å². The number of nitrogens with zero attached hydrogens (tertiary/aromatic N) is 1. The van der Waals surface area contributed by atoms with Crippen molar-refractivity contribution in [1.82, 2.24) is 0 Å². The first-order valence-corrected chi connectivity index (χ1v) is 8.48. The summed E-state index contributed by atoms with van der Waals surface area (Å²) in [6.07, 6.45) is 0. The molecular formula is C19H19F2NO8. The van der Waals surface area contributed by atoms with Crippen LogP contribution in [0.25, 0.3) is 0 Å². The topological polar surface area (TPSA) is 106 Å². The Morgan fingerprint density at radius 1 is 1.07 bits per heavy atom. The van der Waals surface area contributed by atoms with E-state index in [-0.39, 0.29) is 11.3 Å². The first-order valence-electron chi connectivity index (χ1n) is 8.48. The first-order chi connectivity index (χ1) is 14.2. The van der Waals surface area contributed by atoms with Crippen LogP contribution in [-0.4, -0.2) is 38.3 Å². The van der Waals surface area contributed by atoms with Crippen LogP contribution >= 0.6 is 0 Å². The number of hydrogen-bond donors (Lipinski definition) is 0. The minimum Gasteiger partial charge on any atom is -0.493 e. The predicted molar refractivity (Wildman–Crippen MR) is 99.3 cm³/mol. The number of nitro benzene ring substituents is 1. The number of rotatable bonds is 10. The molecule has 0 radical (unpaired) electrons. The minimum absolute atomic E-state index is 0.0697. The monoisotopic (exact) mass is 427 g/mol. The number of benzene rings is 2. The Hall–Kier alpha value is -3.63. The quantitative estimate of drug-likeness (QED) is 0.321. The van der Waals surface area contributed by atoms with E-state index in [1.54, 1.807) is 18.2 Å². The molecule has 2 aromatic carbocycles. The Morgan fingerprint density at radius 3 is 2.33 bits per heavy atom. The number of nitro groups is 1. The van der Waals surface area contributed by atoms with Crippen molar-refractivity contribution in [1.29, 1.82) is 0 Å². The highest BCUT2D eigenvalue weighted by molar-refractivity contribution is 5.71. The Kier molecular flexibility index (Phi) is 7.73. The SMILES string of the molecule is COc1cc(C)ccc1OCC(=O)OCc1cc(OC)c(OC(F)F)cc1[N+](=O)[O-]. The normalized spacial score (nSPS) is 10.5. The summed E-state index contributed by atoms with van der Waals surface area (Å²) in [4.78, 5) is 22.4. The average molecular weight is 427 g/mol. The fourth-order valence-electron chi connectivity index (χ4n) is 2.46. The lowest BCUT2D eigenvalue weighted by Gasteiger charge is -2.13. The maximum atomic E-state index is 12.5. The molecule has 0 atom stereocenters. The number of halogens is 2. The summed E-state index contributed by atoms with van der Waals surface area (Å²) < 4.78 is 49.6. The first kappa shape index (κ1) is 22.7. The third-order valence-corrected chi connectivity index (χ3v) is 3.83. The van der Waals surface area contributed by atoms with Gasteiger partial charge in [0.1, 0.15) is 6.61 Å². The molecule has 0 heterocycles. The summed E-state index contributed by atoms with van der Waals surface area (Å²) in [5.74, 6) is -0.741. The highest BCUT2D eigenvalue weighted by atomic mass is 19.3. The lowest BCUT2D eigenvalue weighted by Crippen LogP contribution is -2.15. The summed E-state index contributed by atoms with van der Waals surface area (Å²) in [5.41, 5.74) is 0.294. The largest absolute Gasteiger partial charge is 0.493 e. The van der Waals surface area contributed by atoms with E-state index in [0.29, 0.717) is 11.5 Å². The lowest BCUT2D eigenvalue weighted by molar-refractivity contribution is -0.386. The van der Waals surface area contributed by atoms with Crippen molar-refractivity contribution in [2.45, 2.75) is 20.1 Å². The molecule has 2 aromatic rings. The molecular weight excluding hydrogens is 408 g/mol. The highest BCUT2D eigenvalue weighted by Crippen LogP contribution is 2.36. The number of esters is 1. The molecule has 0 saturated heterocycles. The molecule has 0 aliphatic carbocycles. The van der Waals surface area contributed by atoms with Crippen LogP contribution in [0.2, 0.25) is 0 Å². The zero-order valence-electron chi connectivity index (χ0n) is 16.3. The standard InChI is InChI=1S/C19H19F2NO8/c1-11-4-5-14(15(6-11)26-2)28-10-18(23)29-9-12-7-16(27-3)17(30-19(20)21)8-13(12)22(24)25/h4-8,19H,9-10H2,1-3H3. The number of ether oxygens (including phenoxy) is 5. The van der Waals surface area contributed by atoms with E-state index in [2.05, 4.69) is 4.74 Å². The fourth-order valence-corrected chi connectivity index (χ4v) is 2.46. The Balaban J connectivity index is 2.08. The molecule has 0 spiro atoms. The Labute approximate surface area is 170 Å². The van der Waals surface area contributed by atoms with Crippen molar-refractivity contribution in [3.05, 3.63) is 51.6 Å². The van der Waals surface area contributed by atoms with Gasteiger partial charge in [0.2, 0.25) is 0 Å². The number of alkyl halides is 2. The molecule has 11 heteroatoms. The lowest BCUT2D eigenvalue weighted by atomic mass is 10.1. The Bertz CT molecular complexity index is 920. The Morgan fingerprint density at radius 2 is 1.73 bits per heavy atom. The molecule has 0 N–H and O–H groups in total. The molecule has 2 rings (SSSR count). The van der Waals surface area contributed by atoms with Crippen molar-refractivity contribution in [2.75, 3.05) is 20.8 Å². The smallest absolute Gasteiger partial charge is 0.387 e. The number of aryl methyl sites for hydroxylation is 1. The van der Waals surface area contributed by atoms with Gasteiger partial charge in [0.15, 0.2) is 29.6 Å². The number of carbonyl (C=O) groups is 1. The molecule has 0 amide bonds. The molecule has 0 aromatic heterocycles. The molecule has 0 bridgehead atoms. The summed E-state index contributed by atoms with van der Waals surface area (Å²) >= 11 is 0. The van der Waals surface area contributed by atoms with Gasteiger partial charge in [-0.2, -0.15) is 8.78 Å². The van der Waals surface area contributed by atoms with Crippen LogP contribution in [-0.2, 0) is 16.1 Å². The zero-order chi connectivity index (χ0) is 22.3. The van der Waals surface area contributed by atoms with Crippen LogP contribution in [0.4, 0.5) is 14.5 Å². The molecule has 0 saturated carbocycles. The van der Waals surface area contributed by atoms with E-state index in [1.807, 2.05) is 6.92 Å². The molecule has 0 aliphatic heterocycles. The maximum absolute atomic E-state index is 12.5. The van der Waals surface area contributed by atoms with Gasteiger partial charge >= 0.3 is 12.6 Å². The molecule has 0 aliphatic rings. The second kappa shape index (κ2) is 10.2. The number of carbonyl (C=O) groups excluding carboxylic acids is 1. The minimum atomic E-state index is -3.20. The second-order valence-corrected chi connectivity index (χ2v) is 5.87. The van der Waals surface area contributed by atoms with Crippen LogP contribution < -0.4 is 18.9 Å². The third kappa shape index (κ3) is 5.93. The van der Waals surface area contributed by atoms with Gasteiger partial charge in [-0.05, 0) is 30.7 Å². The molecule has 162 valence electrons. The van der Waals surface area contributed by atoms with Crippen molar-refractivity contribution in [3.8, 4) is 23.0 Å². The fraction of sp³-hybridized carbons (Fsp3) is 0.316. The van der Waals surface area contributed by atoms with Crippen molar-refractivity contribution in [3.63, 3.8) is 0 Å². The summed E-state index contributed by atoms with van der Waals surface area (Å²) in [6.45, 7) is -2.32. The maximum Gasteiger partial charge on any atom is 0.387 e. The van der Waals surface area contributed by atoms with Gasteiger partial charge in [-0.25, -0.2) is 4.79 Å². The number of methoxy groups -OCH3 is 2. The summed E-state index contributed by atoms with van der Waals surface area (Å²) in [6, 6.07) is 6.98. The van der Waals surface area contributed by atoms with Crippen LogP contribution in [0.15, 0.2) is 30.3 Å². The second-order valence-electron chi connectivity index (χ2n) is 5.87. The van der Waals surface area contributed by atoms with Crippen LogP contribution in [0, 0.1) is 17.0 Å². The van der Waals surface area contributed by atoms with Gasteiger partial charge in [0.25, 0.3) is 5.69 Å². The third-order valence-electron chi connectivity index (χ3n) is 3.83. The number of hydrogen-bond acceptors (Lipinski definition) is 8. The molecule has 30 heavy (non-hydrogen) atoms. The molecule has 0 unspecified atom stereocenters. The van der Waals surface area contributed by atoms with Gasteiger partial charge in [-0.1, -0.05) is 6.07 Å². The summed E-state index contributed by atoms with van der Waals surface area (Å²) in [7, 11) is 2.63. The zero-order valence-corrected chi connectivity index (χ0v) is 16.3. The van der Waals surface area contributed by atoms with E-state index >= 15 is 0 Å². The van der Waals surface area contributed by atoms with Crippen molar-refractivity contribution >= 4 is 11.7 Å². The molecule has 0 fully saturated rings. The van der Waals surface area contributed by atoms with E-state index in [1.165, 1.54) is 14.2 Å². The van der Waals surface area contributed by atoms with Crippen molar-refractivity contribution in [2.24, 2.45) is 0 Å². The van der Waals surface area contributed by atoms with Crippen LogP contribution in [0.1, 0.15) is 11.1 Å². The highest BCUT2D eigenvalue weighted by Gasteiger charge is 2.23. The van der Waals surface area contributed by atoms with E-state index < -0.39 is 42.2 Å². The van der Waals surface area contributed by atoms with E-state index in [0.717, 1.165) is 17.7 Å². The van der Waals surface area contributed by atoms with E-state index in [9.17, 15) is 23.7 Å². The molecule has 9 nitrogen and oxygen atoms in total. The van der Waals surface area contributed by atoms with Crippen molar-refractivity contribution < 1.29 is 42.2 Å². The van der Waals surface area contributed by atoms with Crippen LogP contribution in [0.5, 0.6) is 23.0 Å². The van der Waals surface area contributed by atoms with Crippen LogP contribution in [0.3, 0.4) is 0 Å². The van der Waals surface area contributed by atoms with Gasteiger partial charge in [-0.15, -0.1) is 0 Å². The van der Waals surface area contributed by atoms with E-state index in [4.69, 9.17) is 18.9 Å². The van der Waals surface area contributed by atoms with Gasteiger partial charge in [0, 0.05) is 0 Å². The van der Waals surface area contributed by atoms with Gasteiger partial charge < -0.3 is 23.7 Å². The van der Waals surface area contributed by atoms with Gasteiger partial charge in [-0.3, -0.25) is 10.1 Å². The summed E-state index contributed by atoms with van der Waals surface area (Å²) in [5, 5.41) is 11.3. The predicted octanol–water partition coefficient (Wildman–Crippen LogP) is 3.64. The average Bonchev–Trinajstić information content (AvgIpc) is 2.70.